The van der Waals surface area contributed by atoms with Crippen LogP contribution in [-0.2, 0) is 0 Å². The summed E-state index contributed by atoms with van der Waals surface area (Å²) >= 11 is 6.01. The van der Waals surface area contributed by atoms with Gasteiger partial charge in [0, 0.05) is 21.8 Å². The van der Waals surface area contributed by atoms with Crippen molar-refractivity contribution in [1.29, 1.82) is 0 Å². The lowest BCUT2D eigenvalue weighted by atomic mass is 10.1. The molecule has 0 aliphatic heterocycles. The van der Waals surface area contributed by atoms with Gasteiger partial charge in [-0.15, -0.1) is 0 Å². The van der Waals surface area contributed by atoms with Gasteiger partial charge in [-0.05, 0) is 55.0 Å². The molecule has 142 valence electrons. The van der Waals surface area contributed by atoms with Crippen molar-refractivity contribution >= 4 is 34.8 Å². The molecule has 2 N–H and O–H groups in total. The SMILES string of the molecule is COc1ccc(Cl)cc1NC(=O)c1ccc(C)c(NC(=O)c2ccccc2)c1. The van der Waals surface area contributed by atoms with Crippen LogP contribution in [0.4, 0.5) is 11.4 Å². The van der Waals surface area contributed by atoms with Crippen LogP contribution in [0.15, 0.2) is 66.7 Å². The second-order valence-electron chi connectivity index (χ2n) is 6.15. The molecule has 0 bridgehead atoms. The van der Waals surface area contributed by atoms with Crippen molar-refractivity contribution in [3.8, 4) is 5.75 Å². The Hall–Kier alpha value is -3.31. The van der Waals surface area contributed by atoms with E-state index in [1.54, 1.807) is 60.7 Å². The number of ether oxygens (including phenoxy) is 1. The van der Waals surface area contributed by atoms with E-state index in [1.165, 1.54) is 7.11 Å². The maximum Gasteiger partial charge on any atom is 0.255 e. The first-order chi connectivity index (χ1) is 13.5. The molecule has 0 aliphatic rings. The molecule has 0 saturated carbocycles. The number of anilines is 2. The monoisotopic (exact) mass is 394 g/mol. The summed E-state index contributed by atoms with van der Waals surface area (Å²) in [7, 11) is 1.52. The van der Waals surface area contributed by atoms with E-state index in [4.69, 9.17) is 16.3 Å². The lowest BCUT2D eigenvalue weighted by molar-refractivity contribution is 0.101. The predicted octanol–water partition coefficient (Wildman–Crippen LogP) is 5.16. The molecule has 0 spiro atoms. The molecule has 3 aromatic rings. The number of aryl methyl sites for hydroxylation is 1. The molecule has 0 heterocycles. The van der Waals surface area contributed by atoms with Gasteiger partial charge in [0.1, 0.15) is 5.75 Å². The standard InChI is InChI=1S/C22H19ClN2O3/c1-14-8-9-16(12-18(14)24-21(26)15-6-4-3-5-7-15)22(27)25-19-13-17(23)10-11-20(19)28-2/h3-13H,1-2H3,(H,24,26)(H,25,27). The third kappa shape index (κ3) is 4.50. The molecule has 0 aromatic heterocycles. The van der Waals surface area contributed by atoms with E-state index in [2.05, 4.69) is 10.6 Å². The molecular formula is C22H19ClN2O3. The van der Waals surface area contributed by atoms with Crippen LogP contribution in [0, 0.1) is 6.92 Å². The zero-order valence-electron chi connectivity index (χ0n) is 15.5. The van der Waals surface area contributed by atoms with Crippen molar-refractivity contribution in [2.75, 3.05) is 17.7 Å². The fraction of sp³-hybridized carbons (Fsp3) is 0.0909. The van der Waals surface area contributed by atoms with Crippen LogP contribution in [0.3, 0.4) is 0 Å². The third-order valence-electron chi connectivity index (χ3n) is 4.19. The number of hydrogen-bond acceptors (Lipinski definition) is 3. The average molecular weight is 395 g/mol. The molecular weight excluding hydrogens is 376 g/mol. The minimum absolute atomic E-state index is 0.238. The first-order valence-corrected chi connectivity index (χ1v) is 8.97. The molecule has 0 fully saturated rings. The maximum atomic E-state index is 12.7. The summed E-state index contributed by atoms with van der Waals surface area (Å²) in [6, 6.07) is 19.0. The second kappa shape index (κ2) is 8.59. The first kappa shape index (κ1) is 19.5. The highest BCUT2D eigenvalue weighted by atomic mass is 35.5. The Balaban J connectivity index is 1.82. The number of benzene rings is 3. The van der Waals surface area contributed by atoms with Crippen LogP contribution < -0.4 is 15.4 Å². The van der Waals surface area contributed by atoms with Crippen LogP contribution >= 0.6 is 11.6 Å². The van der Waals surface area contributed by atoms with Crippen LogP contribution in [0.2, 0.25) is 5.02 Å². The highest BCUT2D eigenvalue weighted by Gasteiger charge is 2.13. The summed E-state index contributed by atoms with van der Waals surface area (Å²) in [5.41, 5.74) is 2.83. The van der Waals surface area contributed by atoms with E-state index in [0.29, 0.717) is 33.3 Å². The summed E-state index contributed by atoms with van der Waals surface area (Å²) in [5, 5.41) is 6.12. The zero-order valence-corrected chi connectivity index (χ0v) is 16.2. The van der Waals surface area contributed by atoms with Crippen LogP contribution in [0.25, 0.3) is 0 Å². The van der Waals surface area contributed by atoms with Crippen molar-refractivity contribution in [3.63, 3.8) is 0 Å². The van der Waals surface area contributed by atoms with Crippen LogP contribution in [0.1, 0.15) is 26.3 Å². The summed E-state index contributed by atoms with van der Waals surface area (Å²) in [4.78, 5) is 25.1. The number of nitrogens with one attached hydrogen (secondary N) is 2. The minimum atomic E-state index is -0.337. The van der Waals surface area contributed by atoms with Crippen LogP contribution in [-0.4, -0.2) is 18.9 Å². The lowest BCUT2D eigenvalue weighted by Crippen LogP contribution is -2.15. The van der Waals surface area contributed by atoms with Gasteiger partial charge in [0.15, 0.2) is 0 Å². The minimum Gasteiger partial charge on any atom is -0.495 e. The molecule has 3 rings (SSSR count). The Morgan fingerprint density at radius 3 is 2.21 bits per heavy atom. The largest absolute Gasteiger partial charge is 0.495 e. The van der Waals surface area contributed by atoms with E-state index in [9.17, 15) is 9.59 Å². The number of methoxy groups -OCH3 is 1. The van der Waals surface area contributed by atoms with Crippen molar-refractivity contribution in [1.82, 2.24) is 0 Å². The first-order valence-electron chi connectivity index (χ1n) is 8.60. The van der Waals surface area contributed by atoms with E-state index in [0.717, 1.165) is 5.56 Å². The smallest absolute Gasteiger partial charge is 0.255 e. The predicted molar refractivity (Wildman–Crippen MR) is 112 cm³/mol. The summed E-state index contributed by atoms with van der Waals surface area (Å²) in [5.74, 6) is -0.0731. The molecule has 0 saturated heterocycles. The van der Waals surface area contributed by atoms with Crippen molar-refractivity contribution < 1.29 is 14.3 Å². The van der Waals surface area contributed by atoms with E-state index in [1.807, 2.05) is 13.0 Å². The summed E-state index contributed by atoms with van der Waals surface area (Å²) in [6.45, 7) is 1.86. The fourth-order valence-corrected chi connectivity index (χ4v) is 2.83. The van der Waals surface area contributed by atoms with Gasteiger partial charge in [0.05, 0.1) is 12.8 Å². The Kier molecular flexibility index (Phi) is 5.96. The molecule has 0 unspecified atom stereocenters. The van der Waals surface area contributed by atoms with Gasteiger partial charge < -0.3 is 15.4 Å². The molecule has 2 amide bonds. The number of hydrogen-bond donors (Lipinski definition) is 2. The molecule has 6 heteroatoms. The van der Waals surface area contributed by atoms with Crippen molar-refractivity contribution in [3.05, 3.63) is 88.4 Å². The molecule has 0 radical (unpaired) electrons. The highest BCUT2D eigenvalue weighted by molar-refractivity contribution is 6.31. The van der Waals surface area contributed by atoms with Gasteiger partial charge in [0.2, 0.25) is 0 Å². The van der Waals surface area contributed by atoms with E-state index in [-0.39, 0.29) is 11.8 Å². The summed E-state index contributed by atoms with van der Waals surface area (Å²) < 4.78 is 5.25. The number of rotatable bonds is 5. The molecule has 0 aliphatic carbocycles. The lowest BCUT2D eigenvalue weighted by Gasteiger charge is -2.13. The Morgan fingerprint density at radius 1 is 0.821 bits per heavy atom. The van der Waals surface area contributed by atoms with Gasteiger partial charge in [-0.2, -0.15) is 0 Å². The van der Waals surface area contributed by atoms with Crippen molar-refractivity contribution in [2.45, 2.75) is 6.92 Å². The molecule has 5 nitrogen and oxygen atoms in total. The zero-order chi connectivity index (χ0) is 20.1. The van der Waals surface area contributed by atoms with Gasteiger partial charge in [-0.3, -0.25) is 9.59 Å². The van der Waals surface area contributed by atoms with Gasteiger partial charge in [-0.1, -0.05) is 35.9 Å². The maximum absolute atomic E-state index is 12.7. The topological polar surface area (TPSA) is 67.4 Å². The Bertz CT molecular complexity index is 1020. The Morgan fingerprint density at radius 2 is 1.50 bits per heavy atom. The fourth-order valence-electron chi connectivity index (χ4n) is 2.65. The summed E-state index contributed by atoms with van der Waals surface area (Å²) in [6.07, 6.45) is 0. The normalized spacial score (nSPS) is 10.2. The number of halogens is 1. The van der Waals surface area contributed by atoms with E-state index >= 15 is 0 Å². The molecule has 0 atom stereocenters. The second-order valence-corrected chi connectivity index (χ2v) is 6.59. The number of carbonyl (C=O) groups excluding carboxylic acids is 2. The average Bonchev–Trinajstić information content (AvgIpc) is 2.70. The Labute approximate surface area is 168 Å². The third-order valence-corrected chi connectivity index (χ3v) is 4.43. The molecule has 28 heavy (non-hydrogen) atoms. The quantitative estimate of drug-likeness (QED) is 0.628. The van der Waals surface area contributed by atoms with Gasteiger partial charge in [-0.25, -0.2) is 0 Å². The van der Waals surface area contributed by atoms with Gasteiger partial charge in [0.25, 0.3) is 11.8 Å². The number of carbonyl (C=O) groups is 2. The van der Waals surface area contributed by atoms with Crippen LogP contribution in [0.5, 0.6) is 5.75 Å². The van der Waals surface area contributed by atoms with Gasteiger partial charge >= 0.3 is 0 Å². The number of amides is 2. The van der Waals surface area contributed by atoms with E-state index < -0.39 is 0 Å². The van der Waals surface area contributed by atoms with Crippen molar-refractivity contribution in [2.24, 2.45) is 0 Å². The highest BCUT2D eigenvalue weighted by Crippen LogP contribution is 2.28. The molecule has 3 aromatic carbocycles.